The molecule has 33 heavy (non-hydrogen) atoms. The molecule has 0 aromatic rings. The Balaban J connectivity index is 1.88. The SMILES string of the molecule is C[C@@]12CSC(=N1)C1=CCC(=N1)CNC(=O)C[C@@H](/C=C/CCS)OC(=O)[C@H](CCCN)NC2=O. The number of carbonyl (C=O) groups is 3. The Morgan fingerprint density at radius 2 is 2.21 bits per heavy atom. The van der Waals surface area contributed by atoms with Gasteiger partial charge in [-0.1, -0.05) is 12.2 Å². The average molecular weight is 494 g/mol. The number of thiol groups is 1. The monoisotopic (exact) mass is 493 g/mol. The normalized spacial score (nSPS) is 28.7. The van der Waals surface area contributed by atoms with Crippen LogP contribution in [0.2, 0.25) is 0 Å². The molecule has 0 radical (unpaired) electrons. The van der Waals surface area contributed by atoms with Gasteiger partial charge in [0.15, 0.2) is 0 Å². The van der Waals surface area contributed by atoms with Gasteiger partial charge in [-0.3, -0.25) is 19.6 Å². The van der Waals surface area contributed by atoms with Gasteiger partial charge in [0.1, 0.15) is 22.7 Å². The van der Waals surface area contributed by atoms with E-state index < -0.39 is 23.7 Å². The molecule has 3 atom stereocenters. The Labute approximate surface area is 203 Å². The molecule has 0 saturated carbocycles. The summed E-state index contributed by atoms with van der Waals surface area (Å²) in [5, 5.41) is 6.36. The smallest absolute Gasteiger partial charge is 0.329 e. The summed E-state index contributed by atoms with van der Waals surface area (Å²) in [5.74, 6) is -0.121. The van der Waals surface area contributed by atoms with E-state index in [1.54, 1.807) is 13.0 Å². The lowest BCUT2D eigenvalue weighted by Gasteiger charge is -2.25. The van der Waals surface area contributed by atoms with Gasteiger partial charge in [-0.2, -0.15) is 12.6 Å². The third-order valence-corrected chi connectivity index (χ3v) is 6.97. The van der Waals surface area contributed by atoms with Crippen molar-refractivity contribution in [1.29, 1.82) is 0 Å². The molecule has 0 aromatic heterocycles. The summed E-state index contributed by atoms with van der Waals surface area (Å²) < 4.78 is 5.65. The van der Waals surface area contributed by atoms with Crippen LogP contribution in [0.1, 0.15) is 39.0 Å². The number of nitrogens with two attached hydrogens (primary N) is 1. The third kappa shape index (κ3) is 6.94. The van der Waals surface area contributed by atoms with Gasteiger partial charge >= 0.3 is 5.97 Å². The largest absolute Gasteiger partial charge is 0.456 e. The molecule has 9 nitrogen and oxygen atoms in total. The van der Waals surface area contributed by atoms with Crippen molar-refractivity contribution in [1.82, 2.24) is 10.6 Å². The van der Waals surface area contributed by atoms with E-state index in [4.69, 9.17) is 10.5 Å². The van der Waals surface area contributed by atoms with Crippen molar-refractivity contribution in [2.45, 2.75) is 56.7 Å². The fourth-order valence-electron chi connectivity index (χ4n) is 3.51. The number of thioether (sulfide) groups is 1. The van der Waals surface area contributed by atoms with Crippen LogP contribution in [0, 0.1) is 0 Å². The molecule has 3 aliphatic rings. The predicted molar refractivity (Wildman–Crippen MR) is 134 cm³/mol. The molecule has 3 rings (SSSR count). The number of carbonyl (C=O) groups excluding carboxylic acids is 3. The molecule has 0 saturated heterocycles. The first-order valence-electron chi connectivity index (χ1n) is 11.1. The lowest BCUT2D eigenvalue weighted by molar-refractivity contribution is -0.152. The van der Waals surface area contributed by atoms with Crippen LogP contribution in [-0.2, 0) is 19.1 Å². The topological polar surface area (TPSA) is 135 Å². The van der Waals surface area contributed by atoms with Crippen LogP contribution in [0.3, 0.4) is 0 Å². The quantitative estimate of drug-likeness (QED) is 0.249. The van der Waals surface area contributed by atoms with Crippen molar-refractivity contribution in [2.24, 2.45) is 15.7 Å². The number of aliphatic imine (C=N–C) groups is 2. The summed E-state index contributed by atoms with van der Waals surface area (Å²) >= 11 is 5.64. The maximum atomic E-state index is 13.1. The maximum Gasteiger partial charge on any atom is 0.329 e. The minimum Gasteiger partial charge on any atom is -0.456 e. The van der Waals surface area contributed by atoms with Crippen molar-refractivity contribution in [3.63, 3.8) is 0 Å². The maximum absolute atomic E-state index is 13.1. The van der Waals surface area contributed by atoms with Gasteiger partial charge in [0.05, 0.1) is 18.7 Å². The second-order valence-corrected chi connectivity index (χ2v) is 9.72. The molecule has 4 bridgehead atoms. The van der Waals surface area contributed by atoms with Gasteiger partial charge in [0, 0.05) is 17.9 Å². The lowest BCUT2D eigenvalue weighted by Crippen LogP contribution is -2.51. The molecule has 0 spiro atoms. The van der Waals surface area contributed by atoms with E-state index >= 15 is 0 Å². The van der Waals surface area contributed by atoms with Crippen molar-refractivity contribution >= 4 is 52.9 Å². The number of fused-ring (bicyclic) bond motifs is 3. The van der Waals surface area contributed by atoms with E-state index in [9.17, 15) is 14.4 Å². The summed E-state index contributed by atoms with van der Waals surface area (Å²) in [4.78, 5) is 47.9. The number of allylic oxidation sites excluding steroid dienone is 2. The highest BCUT2D eigenvalue weighted by molar-refractivity contribution is 8.14. The average Bonchev–Trinajstić information content (AvgIpc) is 3.42. The van der Waals surface area contributed by atoms with Gasteiger partial charge in [-0.05, 0) is 44.6 Å². The summed E-state index contributed by atoms with van der Waals surface area (Å²) in [5.41, 5.74) is 6.15. The van der Waals surface area contributed by atoms with Crippen LogP contribution in [0.15, 0.2) is 33.9 Å². The number of amides is 2. The molecular weight excluding hydrogens is 462 g/mol. The fraction of sp³-hybridized carbons (Fsp3) is 0.591. The van der Waals surface area contributed by atoms with E-state index in [0.717, 1.165) is 11.4 Å². The number of esters is 1. The van der Waals surface area contributed by atoms with Crippen LogP contribution in [0.5, 0.6) is 0 Å². The van der Waals surface area contributed by atoms with E-state index in [-0.39, 0.29) is 18.2 Å². The Morgan fingerprint density at radius 3 is 2.97 bits per heavy atom. The first kappa shape index (κ1) is 25.5. The number of hydrogen-bond acceptors (Lipinski definition) is 9. The number of cyclic esters (lactones) is 1. The zero-order chi connectivity index (χ0) is 23.8. The number of rotatable bonds is 6. The molecule has 2 amide bonds. The summed E-state index contributed by atoms with van der Waals surface area (Å²) in [6.07, 6.45) is 6.83. The van der Waals surface area contributed by atoms with Crippen LogP contribution < -0.4 is 16.4 Å². The molecule has 3 aliphatic heterocycles. The van der Waals surface area contributed by atoms with Crippen molar-refractivity contribution < 1.29 is 19.1 Å². The van der Waals surface area contributed by atoms with Crippen molar-refractivity contribution in [3.05, 3.63) is 23.9 Å². The predicted octanol–water partition coefficient (Wildman–Crippen LogP) is 1.15. The van der Waals surface area contributed by atoms with E-state index in [0.29, 0.717) is 55.3 Å². The molecule has 0 aliphatic carbocycles. The Kier molecular flexibility index (Phi) is 9.16. The highest BCUT2D eigenvalue weighted by Crippen LogP contribution is 2.33. The van der Waals surface area contributed by atoms with Crippen LogP contribution in [0.25, 0.3) is 0 Å². The lowest BCUT2D eigenvalue weighted by atomic mass is 10.0. The molecule has 11 heteroatoms. The molecule has 0 aromatic carbocycles. The number of nitrogens with zero attached hydrogens (tertiary/aromatic N) is 2. The minimum absolute atomic E-state index is 0.0276. The van der Waals surface area contributed by atoms with Crippen molar-refractivity contribution in [2.75, 3.05) is 24.6 Å². The molecule has 180 valence electrons. The molecule has 0 unspecified atom stereocenters. The van der Waals surface area contributed by atoms with Crippen molar-refractivity contribution in [3.8, 4) is 0 Å². The van der Waals surface area contributed by atoms with Crippen LogP contribution in [0.4, 0.5) is 0 Å². The zero-order valence-corrected chi connectivity index (χ0v) is 20.4. The Hall–Kier alpha value is -2.11. The van der Waals surface area contributed by atoms with Gasteiger partial charge in [0.2, 0.25) is 11.8 Å². The molecular formula is C22H31N5O4S2. The van der Waals surface area contributed by atoms with Gasteiger partial charge in [-0.15, -0.1) is 11.8 Å². The van der Waals surface area contributed by atoms with Crippen LogP contribution in [-0.4, -0.2) is 70.8 Å². The summed E-state index contributed by atoms with van der Waals surface area (Å²) in [6.45, 7) is 2.42. The number of hydrogen-bond donors (Lipinski definition) is 4. The highest BCUT2D eigenvalue weighted by atomic mass is 32.2. The van der Waals surface area contributed by atoms with E-state index in [2.05, 4.69) is 33.2 Å². The fourth-order valence-corrected chi connectivity index (χ4v) is 4.82. The Morgan fingerprint density at radius 1 is 1.39 bits per heavy atom. The van der Waals surface area contributed by atoms with E-state index in [1.165, 1.54) is 11.8 Å². The second kappa shape index (κ2) is 11.8. The standard InChI is InChI=1S/C22H31N5O4S2/c1-22-13-33-19(27-22)16-8-7-14(25-16)12-24-18(28)11-15(5-2-3-10-32)31-20(29)17(6-4-9-23)26-21(22)30/h2,5,8,15,17,32H,3-4,6-7,9-13,23H2,1H3,(H,24,28)(H,26,30)/b5-2+/t15-,17+,22+/m1/s1. The highest BCUT2D eigenvalue weighted by Gasteiger charge is 2.41. The third-order valence-electron chi connectivity index (χ3n) is 5.43. The summed E-state index contributed by atoms with van der Waals surface area (Å²) in [6, 6.07) is -0.880. The van der Waals surface area contributed by atoms with Gasteiger partial charge in [0.25, 0.3) is 0 Å². The Bertz CT molecular complexity index is 901. The first-order chi connectivity index (χ1) is 15.8. The molecule has 4 N–H and O–H groups in total. The summed E-state index contributed by atoms with van der Waals surface area (Å²) in [7, 11) is 0. The first-order valence-corrected chi connectivity index (χ1v) is 12.7. The van der Waals surface area contributed by atoms with Gasteiger partial charge < -0.3 is 21.1 Å². The molecule has 0 fully saturated rings. The second-order valence-electron chi connectivity index (χ2n) is 8.30. The van der Waals surface area contributed by atoms with Crippen LogP contribution >= 0.6 is 24.4 Å². The molecule has 3 heterocycles. The minimum atomic E-state index is -1.02. The number of nitrogens with one attached hydrogen (secondary N) is 2. The zero-order valence-electron chi connectivity index (χ0n) is 18.7. The van der Waals surface area contributed by atoms with E-state index in [1.807, 2.05) is 12.2 Å². The van der Waals surface area contributed by atoms with Gasteiger partial charge in [-0.25, -0.2) is 4.79 Å². The number of ether oxygens (including phenoxy) is 1.